The van der Waals surface area contributed by atoms with Crippen LogP contribution in [0.4, 0.5) is 0 Å². The number of para-hydroxylation sites is 1. The summed E-state index contributed by atoms with van der Waals surface area (Å²) in [7, 11) is 1.89. The first-order chi connectivity index (χ1) is 11.3. The SMILES string of the molecule is CNCCCC(=O)NC(COc1ccccc1)c1ccccc1.Cl. The molecule has 0 saturated heterocycles. The van der Waals surface area contributed by atoms with Gasteiger partial charge in [-0.2, -0.15) is 0 Å². The van der Waals surface area contributed by atoms with E-state index < -0.39 is 0 Å². The van der Waals surface area contributed by atoms with E-state index in [1.54, 1.807) is 0 Å². The molecular formula is C19H25ClN2O2. The molecule has 1 atom stereocenters. The van der Waals surface area contributed by atoms with Crippen molar-refractivity contribution in [3.05, 3.63) is 66.2 Å². The largest absolute Gasteiger partial charge is 0.491 e. The zero-order valence-corrected chi connectivity index (χ0v) is 14.7. The van der Waals surface area contributed by atoms with Crippen molar-refractivity contribution < 1.29 is 9.53 Å². The Morgan fingerprint density at radius 2 is 1.67 bits per heavy atom. The second-order valence-corrected chi connectivity index (χ2v) is 5.36. The van der Waals surface area contributed by atoms with E-state index >= 15 is 0 Å². The fraction of sp³-hybridized carbons (Fsp3) is 0.316. The molecule has 2 aromatic rings. The molecule has 0 aromatic heterocycles. The molecule has 0 spiro atoms. The highest BCUT2D eigenvalue weighted by atomic mass is 35.5. The van der Waals surface area contributed by atoms with E-state index in [0.29, 0.717) is 13.0 Å². The zero-order chi connectivity index (χ0) is 16.3. The molecule has 0 bridgehead atoms. The molecule has 0 aliphatic rings. The second-order valence-electron chi connectivity index (χ2n) is 5.36. The Morgan fingerprint density at radius 3 is 2.29 bits per heavy atom. The molecule has 1 unspecified atom stereocenters. The summed E-state index contributed by atoms with van der Waals surface area (Å²) in [5.41, 5.74) is 1.05. The predicted octanol–water partition coefficient (Wildman–Crippen LogP) is 3.34. The Morgan fingerprint density at radius 1 is 1.04 bits per heavy atom. The minimum absolute atomic E-state index is 0. The number of halogens is 1. The minimum Gasteiger partial charge on any atom is -0.491 e. The molecule has 4 nitrogen and oxygen atoms in total. The lowest BCUT2D eigenvalue weighted by atomic mass is 10.1. The fourth-order valence-electron chi connectivity index (χ4n) is 2.30. The minimum atomic E-state index is -0.154. The monoisotopic (exact) mass is 348 g/mol. The third-order valence-electron chi connectivity index (χ3n) is 3.53. The summed E-state index contributed by atoms with van der Waals surface area (Å²) in [5, 5.41) is 6.12. The molecule has 0 fully saturated rings. The molecule has 2 rings (SSSR count). The number of benzene rings is 2. The number of hydrogen-bond donors (Lipinski definition) is 2. The van der Waals surface area contributed by atoms with Crippen molar-refractivity contribution in [2.45, 2.75) is 18.9 Å². The molecule has 0 aliphatic heterocycles. The van der Waals surface area contributed by atoms with Crippen LogP contribution in [0.3, 0.4) is 0 Å². The molecule has 0 saturated carbocycles. The predicted molar refractivity (Wildman–Crippen MR) is 99.7 cm³/mol. The average Bonchev–Trinajstić information content (AvgIpc) is 2.60. The van der Waals surface area contributed by atoms with Gasteiger partial charge in [0.15, 0.2) is 0 Å². The van der Waals surface area contributed by atoms with Gasteiger partial charge in [-0.3, -0.25) is 4.79 Å². The molecule has 5 heteroatoms. The van der Waals surface area contributed by atoms with Gasteiger partial charge in [0, 0.05) is 6.42 Å². The van der Waals surface area contributed by atoms with E-state index in [-0.39, 0.29) is 24.4 Å². The van der Waals surface area contributed by atoms with Crippen molar-refractivity contribution >= 4 is 18.3 Å². The third-order valence-corrected chi connectivity index (χ3v) is 3.53. The van der Waals surface area contributed by atoms with Crippen LogP contribution < -0.4 is 15.4 Å². The highest BCUT2D eigenvalue weighted by Crippen LogP contribution is 2.16. The lowest BCUT2D eigenvalue weighted by Crippen LogP contribution is -2.32. The smallest absolute Gasteiger partial charge is 0.220 e. The zero-order valence-electron chi connectivity index (χ0n) is 13.9. The van der Waals surface area contributed by atoms with Crippen molar-refractivity contribution in [3.8, 4) is 5.75 Å². The molecule has 1 amide bonds. The Hall–Kier alpha value is -2.04. The normalized spacial score (nSPS) is 11.2. The number of ether oxygens (including phenoxy) is 1. The van der Waals surface area contributed by atoms with Gasteiger partial charge in [-0.05, 0) is 37.7 Å². The van der Waals surface area contributed by atoms with E-state index in [2.05, 4.69) is 10.6 Å². The molecule has 0 heterocycles. The van der Waals surface area contributed by atoms with Crippen LogP contribution in [0.1, 0.15) is 24.4 Å². The second kappa shape index (κ2) is 11.5. The molecule has 0 aliphatic carbocycles. The van der Waals surface area contributed by atoms with Crippen molar-refractivity contribution in [2.75, 3.05) is 20.2 Å². The number of carbonyl (C=O) groups is 1. The maximum absolute atomic E-state index is 12.1. The highest BCUT2D eigenvalue weighted by molar-refractivity contribution is 5.85. The highest BCUT2D eigenvalue weighted by Gasteiger charge is 2.15. The van der Waals surface area contributed by atoms with E-state index in [4.69, 9.17) is 4.74 Å². The lowest BCUT2D eigenvalue weighted by Gasteiger charge is -2.20. The quantitative estimate of drug-likeness (QED) is 0.683. The Kier molecular flexibility index (Phi) is 9.58. The summed E-state index contributed by atoms with van der Waals surface area (Å²) < 4.78 is 5.82. The van der Waals surface area contributed by atoms with Crippen LogP contribution in [0.2, 0.25) is 0 Å². The molecule has 24 heavy (non-hydrogen) atoms. The van der Waals surface area contributed by atoms with Crippen LogP contribution >= 0.6 is 12.4 Å². The molecule has 2 N–H and O–H groups in total. The van der Waals surface area contributed by atoms with Crippen LogP contribution in [0.25, 0.3) is 0 Å². The van der Waals surface area contributed by atoms with E-state index in [1.165, 1.54) is 0 Å². The Labute approximate surface area is 150 Å². The van der Waals surface area contributed by atoms with Gasteiger partial charge in [-0.1, -0.05) is 48.5 Å². The molecule has 2 aromatic carbocycles. The maximum atomic E-state index is 12.1. The van der Waals surface area contributed by atoms with Gasteiger partial charge in [0.2, 0.25) is 5.91 Å². The number of nitrogens with one attached hydrogen (secondary N) is 2. The van der Waals surface area contributed by atoms with Crippen molar-refractivity contribution in [1.82, 2.24) is 10.6 Å². The first-order valence-corrected chi connectivity index (χ1v) is 7.96. The summed E-state index contributed by atoms with van der Waals surface area (Å²) in [4.78, 5) is 12.1. The molecule has 0 radical (unpaired) electrons. The summed E-state index contributed by atoms with van der Waals surface area (Å²) >= 11 is 0. The van der Waals surface area contributed by atoms with Crippen LogP contribution in [-0.2, 0) is 4.79 Å². The van der Waals surface area contributed by atoms with Crippen LogP contribution in [0.5, 0.6) is 5.75 Å². The van der Waals surface area contributed by atoms with Crippen molar-refractivity contribution in [2.24, 2.45) is 0 Å². The van der Waals surface area contributed by atoms with E-state index in [9.17, 15) is 4.79 Å². The van der Waals surface area contributed by atoms with Gasteiger partial charge >= 0.3 is 0 Å². The van der Waals surface area contributed by atoms with Crippen LogP contribution in [0.15, 0.2) is 60.7 Å². The summed E-state index contributed by atoms with van der Waals surface area (Å²) in [6.45, 7) is 1.25. The number of rotatable bonds is 9. The van der Waals surface area contributed by atoms with Crippen molar-refractivity contribution in [1.29, 1.82) is 0 Å². The van der Waals surface area contributed by atoms with Crippen LogP contribution in [-0.4, -0.2) is 26.1 Å². The average molecular weight is 349 g/mol. The lowest BCUT2D eigenvalue weighted by molar-refractivity contribution is -0.122. The van der Waals surface area contributed by atoms with Gasteiger partial charge in [-0.25, -0.2) is 0 Å². The molecular weight excluding hydrogens is 324 g/mol. The van der Waals surface area contributed by atoms with Crippen LogP contribution in [0, 0.1) is 0 Å². The topological polar surface area (TPSA) is 50.4 Å². The molecule has 130 valence electrons. The van der Waals surface area contributed by atoms with Gasteiger partial charge in [0.25, 0.3) is 0 Å². The standard InChI is InChI=1S/C19H24N2O2.ClH/c1-20-14-8-13-19(22)21-18(16-9-4-2-5-10-16)15-23-17-11-6-3-7-12-17;/h2-7,9-12,18,20H,8,13-15H2,1H3,(H,21,22);1H. The van der Waals surface area contributed by atoms with Gasteiger partial charge in [0.05, 0.1) is 6.04 Å². The third kappa shape index (κ3) is 7.02. The summed E-state index contributed by atoms with van der Waals surface area (Å²) in [6.07, 6.45) is 1.33. The van der Waals surface area contributed by atoms with E-state index in [0.717, 1.165) is 24.3 Å². The first kappa shape index (κ1) is 20.0. The maximum Gasteiger partial charge on any atom is 0.220 e. The first-order valence-electron chi connectivity index (χ1n) is 7.96. The van der Waals surface area contributed by atoms with Gasteiger partial charge in [-0.15, -0.1) is 12.4 Å². The summed E-state index contributed by atoms with van der Waals surface area (Å²) in [6, 6.07) is 19.4. The number of carbonyl (C=O) groups excluding carboxylic acids is 1. The summed E-state index contributed by atoms with van der Waals surface area (Å²) in [5.74, 6) is 0.851. The Bertz CT molecular complexity index is 578. The van der Waals surface area contributed by atoms with Crippen molar-refractivity contribution in [3.63, 3.8) is 0 Å². The fourth-order valence-corrected chi connectivity index (χ4v) is 2.30. The number of hydrogen-bond acceptors (Lipinski definition) is 3. The van der Waals surface area contributed by atoms with Gasteiger partial charge in [0.1, 0.15) is 12.4 Å². The Balaban J connectivity index is 0.00000288. The van der Waals surface area contributed by atoms with Gasteiger partial charge < -0.3 is 15.4 Å². The number of amides is 1. The van der Waals surface area contributed by atoms with E-state index in [1.807, 2.05) is 67.7 Å².